The van der Waals surface area contributed by atoms with E-state index in [0.29, 0.717) is 17.2 Å². The molecule has 0 bridgehead atoms. The van der Waals surface area contributed by atoms with E-state index in [2.05, 4.69) is 89.8 Å². The Labute approximate surface area is 288 Å². The zero-order valence-electron chi connectivity index (χ0n) is 27.7. The summed E-state index contributed by atoms with van der Waals surface area (Å²) in [6.07, 6.45) is 13.1. The lowest BCUT2D eigenvalue weighted by Crippen LogP contribution is -2.12. The van der Waals surface area contributed by atoms with E-state index in [-0.39, 0.29) is 4.90 Å². The molecule has 49 heavy (non-hydrogen) atoms. The molecule has 2 aliphatic carbocycles. The van der Waals surface area contributed by atoms with Gasteiger partial charge >= 0.3 is 0 Å². The highest BCUT2D eigenvalue weighted by molar-refractivity contribution is 7.86. The van der Waals surface area contributed by atoms with E-state index in [1.807, 2.05) is 12.1 Å². The molecule has 0 aromatic heterocycles. The lowest BCUT2D eigenvalue weighted by molar-refractivity contribution is 0.443. The van der Waals surface area contributed by atoms with Crippen molar-refractivity contribution in [3.63, 3.8) is 0 Å². The average molecular weight is 664 g/mol. The van der Waals surface area contributed by atoms with E-state index in [1.54, 1.807) is 12.1 Å². The van der Waals surface area contributed by atoms with Gasteiger partial charge in [0.25, 0.3) is 10.1 Å². The van der Waals surface area contributed by atoms with Gasteiger partial charge in [-0.25, -0.2) is 0 Å². The van der Waals surface area contributed by atoms with Crippen molar-refractivity contribution in [3.8, 4) is 0 Å². The van der Waals surface area contributed by atoms with Crippen LogP contribution < -0.4 is 4.90 Å². The second kappa shape index (κ2) is 12.2. The molecule has 4 nitrogen and oxygen atoms in total. The Morgan fingerprint density at radius 1 is 0.469 bits per heavy atom. The molecular formula is C44H41NO3S. The third-order valence-corrected chi connectivity index (χ3v) is 12.5. The minimum absolute atomic E-state index is 0.0557. The van der Waals surface area contributed by atoms with Gasteiger partial charge in [-0.3, -0.25) is 4.55 Å². The summed E-state index contributed by atoms with van der Waals surface area (Å²) in [7, 11) is -4.38. The molecule has 9 rings (SSSR count). The first-order valence-corrected chi connectivity index (χ1v) is 19.5. The van der Waals surface area contributed by atoms with Gasteiger partial charge in [0.15, 0.2) is 0 Å². The third kappa shape index (κ3) is 5.26. The summed E-state index contributed by atoms with van der Waals surface area (Å²) in [5, 5.41) is 7.80. The second-order valence-corrected chi connectivity index (χ2v) is 15.8. The maximum atomic E-state index is 12.4. The number of anilines is 3. The van der Waals surface area contributed by atoms with Gasteiger partial charge in [-0.2, -0.15) is 8.42 Å². The molecule has 0 aliphatic heterocycles. The number of fused-ring (bicyclic) bond motifs is 2. The molecule has 0 radical (unpaired) electrons. The van der Waals surface area contributed by atoms with Gasteiger partial charge in [-0.15, -0.1) is 0 Å². The number of nitrogens with zero attached hydrogens (tertiary/aromatic N) is 1. The minimum Gasteiger partial charge on any atom is -0.310 e. The van der Waals surface area contributed by atoms with Crippen LogP contribution in [0.4, 0.5) is 17.1 Å². The summed E-state index contributed by atoms with van der Waals surface area (Å²) in [6, 6.07) is 38.6. The largest absolute Gasteiger partial charge is 0.310 e. The second-order valence-electron chi connectivity index (χ2n) is 14.4. The van der Waals surface area contributed by atoms with Gasteiger partial charge in [-0.05, 0) is 117 Å². The molecular weight excluding hydrogens is 623 g/mol. The van der Waals surface area contributed by atoms with Crippen molar-refractivity contribution in [2.75, 3.05) is 4.90 Å². The highest BCUT2D eigenvalue weighted by Crippen LogP contribution is 2.47. The zero-order chi connectivity index (χ0) is 33.1. The van der Waals surface area contributed by atoms with Crippen molar-refractivity contribution in [3.05, 3.63) is 120 Å². The number of rotatable bonds is 6. The van der Waals surface area contributed by atoms with Crippen LogP contribution >= 0.6 is 0 Å². The summed E-state index contributed by atoms with van der Waals surface area (Å²) in [6.45, 7) is 0. The fourth-order valence-electron chi connectivity index (χ4n) is 9.18. The molecule has 2 saturated carbocycles. The normalized spacial score (nSPS) is 16.7. The first-order chi connectivity index (χ1) is 24.0. The molecule has 0 atom stereocenters. The fraction of sp³-hybridized carbons (Fsp3) is 0.273. The predicted octanol–water partition coefficient (Wildman–Crippen LogP) is 12.5. The summed E-state index contributed by atoms with van der Waals surface area (Å²) in [5.41, 5.74) is 6.29. The van der Waals surface area contributed by atoms with Gasteiger partial charge in [0, 0.05) is 22.1 Å². The first-order valence-electron chi connectivity index (χ1n) is 18.1. The van der Waals surface area contributed by atoms with Crippen molar-refractivity contribution < 1.29 is 13.0 Å². The summed E-state index contributed by atoms with van der Waals surface area (Å²) in [4.78, 5) is 2.36. The van der Waals surface area contributed by atoms with Crippen LogP contribution in [0.1, 0.15) is 87.2 Å². The third-order valence-electron chi connectivity index (χ3n) is 11.6. The summed E-state index contributed by atoms with van der Waals surface area (Å²) in [5.74, 6) is 1.30. The Kier molecular flexibility index (Phi) is 7.59. The van der Waals surface area contributed by atoms with E-state index < -0.39 is 10.1 Å². The van der Waals surface area contributed by atoms with Crippen molar-refractivity contribution >= 4 is 70.3 Å². The van der Waals surface area contributed by atoms with Crippen molar-refractivity contribution in [2.24, 2.45) is 0 Å². The highest BCUT2D eigenvalue weighted by Gasteiger charge is 2.24. The number of benzene rings is 7. The van der Waals surface area contributed by atoms with Crippen molar-refractivity contribution in [1.29, 1.82) is 0 Å². The molecule has 246 valence electrons. The zero-order valence-corrected chi connectivity index (χ0v) is 28.6. The summed E-state index contributed by atoms with van der Waals surface area (Å²) < 4.78 is 34.8. The van der Waals surface area contributed by atoms with Gasteiger partial charge in [-0.1, -0.05) is 111 Å². The Morgan fingerprint density at radius 3 is 1.41 bits per heavy atom. The lowest BCUT2D eigenvalue weighted by atomic mass is 9.84. The van der Waals surface area contributed by atoms with E-state index >= 15 is 0 Å². The molecule has 0 amide bonds. The molecule has 7 aromatic carbocycles. The lowest BCUT2D eigenvalue weighted by Gasteiger charge is -2.29. The van der Waals surface area contributed by atoms with Crippen molar-refractivity contribution in [1.82, 2.24) is 0 Å². The van der Waals surface area contributed by atoms with E-state index in [4.69, 9.17) is 0 Å². The quantitative estimate of drug-likeness (QED) is 0.109. The van der Waals surface area contributed by atoms with Crippen LogP contribution in [0, 0.1) is 0 Å². The van der Waals surface area contributed by atoms with Crippen LogP contribution in [0.15, 0.2) is 114 Å². The van der Waals surface area contributed by atoms with Crippen LogP contribution in [0.25, 0.3) is 43.1 Å². The van der Waals surface area contributed by atoms with Gasteiger partial charge < -0.3 is 4.90 Å². The van der Waals surface area contributed by atoms with Gasteiger partial charge in [0.1, 0.15) is 4.90 Å². The van der Waals surface area contributed by atoms with E-state index in [0.717, 1.165) is 54.8 Å². The van der Waals surface area contributed by atoms with Crippen molar-refractivity contribution in [2.45, 2.75) is 80.9 Å². The molecule has 2 fully saturated rings. The Hall–Kier alpha value is -4.45. The number of hydrogen-bond acceptors (Lipinski definition) is 3. The Bertz CT molecular complexity index is 2340. The SMILES string of the molecule is O=S(=O)(O)c1ccc2c3ccc(N(c4ccc(C5CCCCC5)cc4)c4ccc(C5CCCCC5)cc4)c4cccc(c5cccc1c52)c43. The maximum Gasteiger partial charge on any atom is 0.295 e. The Morgan fingerprint density at radius 2 is 0.898 bits per heavy atom. The Balaban J connectivity index is 1.25. The maximum absolute atomic E-state index is 12.4. The van der Waals surface area contributed by atoms with E-state index in [9.17, 15) is 13.0 Å². The molecule has 1 N–H and O–H groups in total. The van der Waals surface area contributed by atoms with Gasteiger partial charge in [0.2, 0.25) is 0 Å². The van der Waals surface area contributed by atoms with Gasteiger partial charge in [0.05, 0.1) is 5.69 Å². The molecule has 0 heterocycles. The molecule has 2 aliphatic rings. The van der Waals surface area contributed by atoms with Crippen LogP contribution in [0.5, 0.6) is 0 Å². The first kappa shape index (κ1) is 30.6. The molecule has 5 heteroatoms. The summed E-state index contributed by atoms with van der Waals surface area (Å²) >= 11 is 0. The highest BCUT2D eigenvalue weighted by atomic mass is 32.2. The molecule has 0 unspecified atom stereocenters. The van der Waals surface area contributed by atoms with Crippen LogP contribution in [-0.4, -0.2) is 13.0 Å². The molecule has 0 spiro atoms. The molecule has 0 saturated heterocycles. The fourth-order valence-corrected chi connectivity index (χ4v) is 9.87. The minimum atomic E-state index is -4.38. The molecule has 7 aromatic rings. The average Bonchev–Trinajstić information content (AvgIpc) is 3.15. The van der Waals surface area contributed by atoms with Crippen LogP contribution in [0.3, 0.4) is 0 Å². The van der Waals surface area contributed by atoms with E-state index in [1.165, 1.54) is 75.3 Å². The standard InChI is InChI=1S/C44H41NO3S/c46-49(47,48)42-28-26-38-37-25-27-41(39-15-7-13-35(43(37)39)36-14-8-16-40(42)44(36)38)45(33-21-17-31(18-22-33)29-9-3-1-4-10-29)34-23-19-32(20-24-34)30-11-5-2-6-12-30/h7-8,13-30H,1-6,9-12H2,(H,46,47,48). The smallest absolute Gasteiger partial charge is 0.295 e. The monoisotopic (exact) mass is 663 g/mol. The van der Waals surface area contributed by atoms with Crippen LogP contribution in [-0.2, 0) is 10.1 Å². The number of hydrogen-bond donors (Lipinski definition) is 1. The topological polar surface area (TPSA) is 57.6 Å². The van der Waals surface area contributed by atoms with Crippen LogP contribution in [0.2, 0.25) is 0 Å². The predicted molar refractivity (Wildman–Crippen MR) is 204 cm³/mol.